The monoisotopic (exact) mass is 420 g/mol. The van der Waals surface area contributed by atoms with Crippen LogP contribution in [0.25, 0.3) is 0 Å². The van der Waals surface area contributed by atoms with E-state index in [2.05, 4.69) is 56.0 Å². The summed E-state index contributed by atoms with van der Waals surface area (Å²) < 4.78 is 0.806. The highest BCUT2D eigenvalue weighted by Crippen LogP contribution is 2.26. The first kappa shape index (κ1) is 26.7. The lowest BCUT2D eigenvalue weighted by atomic mass is 10.1. The van der Waals surface area contributed by atoms with Crippen LogP contribution in [0.3, 0.4) is 0 Å². The van der Waals surface area contributed by atoms with Gasteiger partial charge in [0.2, 0.25) is 5.91 Å². The van der Waals surface area contributed by atoms with Crippen LogP contribution in [-0.4, -0.2) is 29.3 Å². The second-order valence-electron chi connectivity index (χ2n) is 9.06. The van der Waals surface area contributed by atoms with E-state index in [1.54, 1.807) is 6.92 Å². The molecular weight excluding hydrogens is 370 g/mol. The number of hydrogen-bond donors (Lipinski definition) is 2. The summed E-state index contributed by atoms with van der Waals surface area (Å²) in [5, 5.41) is 6.63. The number of quaternary nitrogens is 1. The lowest BCUT2D eigenvalue weighted by Crippen LogP contribution is -2.62. The second-order valence-corrected chi connectivity index (χ2v) is 9.06. The maximum Gasteiger partial charge on any atom is 0.221 e. The fraction of sp³-hybridized carbons (Fsp3) is 0.808. The van der Waals surface area contributed by atoms with Crippen LogP contribution in [0, 0.1) is 0 Å². The largest absolute Gasteiger partial charge is 0.338 e. The molecule has 3 unspecified atom stereocenters. The van der Waals surface area contributed by atoms with Gasteiger partial charge in [-0.1, -0.05) is 70.4 Å². The molecule has 0 saturated heterocycles. The summed E-state index contributed by atoms with van der Waals surface area (Å²) in [7, 11) is 0. The van der Waals surface area contributed by atoms with Crippen molar-refractivity contribution in [2.24, 2.45) is 0 Å². The highest BCUT2D eigenvalue weighted by Gasteiger charge is 2.41. The molecule has 0 aromatic rings. The summed E-state index contributed by atoms with van der Waals surface area (Å²) in [6.07, 6.45) is 28.1. The van der Waals surface area contributed by atoms with E-state index in [4.69, 9.17) is 0 Å². The molecule has 4 heteroatoms. The third-order valence-electron chi connectivity index (χ3n) is 6.64. The molecule has 1 aliphatic rings. The summed E-state index contributed by atoms with van der Waals surface area (Å²) in [5.41, 5.74) is 0. The van der Waals surface area contributed by atoms with Gasteiger partial charge in [-0.05, 0) is 39.0 Å². The number of nitrogens with one attached hydrogen (secondary N) is 2. The first-order valence-electron chi connectivity index (χ1n) is 12.8. The Morgan fingerprint density at radius 2 is 1.53 bits per heavy atom. The number of amides is 1. The molecule has 0 aromatic carbocycles. The zero-order valence-electron chi connectivity index (χ0n) is 20.4. The molecular formula is C26H50N3O+. The van der Waals surface area contributed by atoms with Crippen molar-refractivity contribution < 1.29 is 9.28 Å². The smallest absolute Gasteiger partial charge is 0.221 e. The average molecular weight is 421 g/mol. The minimum atomic E-state index is 0.0486. The zero-order valence-corrected chi connectivity index (χ0v) is 20.4. The van der Waals surface area contributed by atoms with Gasteiger partial charge in [0.05, 0.1) is 12.7 Å². The van der Waals surface area contributed by atoms with E-state index < -0.39 is 0 Å². The van der Waals surface area contributed by atoms with E-state index in [0.717, 1.165) is 17.4 Å². The van der Waals surface area contributed by atoms with Gasteiger partial charge >= 0.3 is 0 Å². The van der Waals surface area contributed by atoms with Gasteiger partial charge in [0.1, 0.15) is 6.20 Å². The van der Waals surface area contributed by atoms with E-state index >= 15 is 0 Å². The minimum Gasteiger partial charge on any atom is -0.338 e. The molecule has 0 bridgehead atoms. The Labute approximate surface area is 187 Å². The second kappa shape index (κ2) is 16.4. The van der Waals surface area contributed by atoms with Gasteiger partial charge in [0.15, 0.2) is 12.3 Å². The molecule has 3 atom stereocenters. The molecule has 0 spiro atoms. The highest BCUT2D eigenvalue weighted by molar-refractivity contribution is 5.72. The maximum absolute atomic E-state index is 11.5. The zero-order chi connectivity index (χ0) is 22.1. The molecule has 2 N–H and O–H groups in total. The Bertz CT molecular complexity index is 503. The minimum absolute atomic E-state index is 0.0486. The Kier molecular flexibility index (Phi) is 14.6. The van der Waals surface area contributed by atoms with Gasteiger partial charge in [-0.25, -0.2) is 0 Å². The number of hydrogen-bond acceptors (Lipinski definition) is 2. The summed E-state index contributed by atoms with van der Waals surface area (Å²) >= 11 is 0. The van der Waals surface area contributed by atoms with E-state index in [1.807, 2.05) is 0 Å². The third kappa shape index (κ3) is 10.1. The van der Waals surface area contributed by atoms with Crippen LogP contribution in [0.5, 0.6) is 0 Å². The molecule has 0 aromatic heterocycles. The lowest BCUT2D eigenvalue weighted by molar-refractivity contribution is -0.923. The molecule has 4 nitrogen and oxygen atoms in total. The van der Waals surface area contributed by atoms with Crippen molar-refractivity contribution in [2.45, 2.75) is 130 Å². The van der Waals surface area contributed by atoms with Gasteiger partial charge in [-0.2, -0.15) is 0 Å². The van der Waals surface area contributed by atoms with Gasteiger partial charge in [0.25, 0.3) is 0 Å². The molecule has 1 amide bonds. The number of unbranched alkanes of at least 4 members (excludes halogenated alkanes) is 11. The topological polar surface area (TPSA) is 41.1 Å². The third-order valence-corrected chi connectivity index (χ3v) is 6.64. The standard InChI is InChI=1S/C26H49N3O/c1-5-7-8-9-10-11-12-13-14-15-16-17-18-19-20-21-26-27-22-23-29(26,6-2)24(3)28-25(4)30/h14-15,22-24,26-27H,5-13,16-21H2,1-4H3/p+1/b15-14+. The van der Waals surface area contributed by atoms with Crippen LogP contribution in [0.4, 0.5) is 0 Å². The van der Waals surface area contributed by atoms with Crippen molar-refractivity contribution >= 4 is 5.91 Å². The Morgan fingerprint density at radius 1 is 0.967 bits per heavy atom. The SMILES string of the molecule is CCCCCCCCC/C=C/CCCCCCC1NC=C[N+]1(CC)C(C)NC(C)=O. The summed E-state index contributed by atoms with van der Waals surface area (Å²) in [4.78, 5) is 11.5. The lowest BCUT2D eigenvalue weighted by Gasteiger charge is -2.41. The number of carbonyl (C=O) groups excluding carboxylic acids is 1. The molecule has 174 valence electrons. The first-order chi connectivity index (χ1) is 14.6. The van der Waals surface area contributed by atoms with Crippen molar-refractivity contribution in [3.63, 3.8) is 0 Å². The molecule has 0 saturated carbocycles. The predicted molar refractivity (Wildman–Crippen MR) is 130 cm³/mol. The van der Waals surface area contributed by atoms with Crippen LogP contribution >= 0.6 is 0 Å². The normalized spacial score (nSPS) is 21.8. The van der Waals surface area contributed by atoms with Crippen molar-refractivity contribution in [3.8, 4) is 0 Å². The number of rotatable bonds is 18. The quantitative estimate of drug-likeness (QED) is 0.146. The number of nitrogens with zero attached hydrogens (tertiary/aromatic N) is 1. The van der Waals surface area contributed by atoms with Crippen LogP contribution < -0.4 is 10.6 Å². The Hall–Kier alpha value is -1.29. The fourth-order valence-electron chi connectivity index (χ4n) is 4.68. The van der Waals surface area contributed by atoms with Gasteiger partial charge < -0.3 is 10.6 Å². The first-order valence-corrected chi connectivity index (χ1v) is 12.8. The van der Waals surface area contributed by atoms with Crippen molar-refractivity contribution in [1.29, 1.82) is 0 Å². The van der Waals surface area contributed by atoms with E-state index in [-0.39, 0.29) is 12.1 Å². The van der Waals surface area contributed by atoms with Crippen molar-refractivity contribution in [2.75, 3.05) is 6.54 Å². The summed E-state index contributed by atoms with van der Waals surface area (Å²) in [6, 6.07) is 0. The van der Waals surface area contributed by atoms with Gasteiger partial charge in [-0.15, -0.1) is 0 Å². The summed E-state index contributed by atoms with van der Waals surface area (Å²) in [5.74, 6) is 0.0486. The number of allylic oxidation sites excluding steroid dienone is 2. The highest BCUT2D eigenvalue weighted by atomic mass is 16.1. The van der Waals surface area contributed by atoms with Crippen molar-refractivity contribution in [3.05, 3.63) is 24.6 Å². The molecule has 0 radical (unpaired) electrons. The molecule has 0 aliphatic carbocycles. The van der Waals surface area contributed by atoms with Crippen LogP contribution in [0.15, 0.2) is 24.6 Å². The summed E-state index contributed by atoms with van der Waals surface area (Å²) in [6.45, 7) is 9.20. The fourth-order valence-corrected chi connectivity index (χ4v) is 4.68. The molecule has 30 heavy (non-hydrogen) atoms. The van der Waals surface area contributed by atoms with Crippen LogP contribution in [-0.2, 0) is 4.79 Å². The molecule has 1 rings (SSSR count). The van der Waals surface area contributed by atoms with E-state index in [9.17, 15) is 4.79 Å². The molecule has 0 fully saturated rings. The Morgan fingerprint density at radius 3 is 2.10 bits per heavy atom. The van der Waals surface area contributed by atoms with Crippen molar-refractivity contribution in [1.82, 2.24) is 10.6 Å². The van der Waals surface area contributed by atoms with E-state index in [1.165, 1.54) is 83.5 Å². The van der Waals surface area contributed by atoms with Gasteiger partial charge in [0, 0.05) is 20.3 Å². The average Bonchev–Trinajstić information content (AvgIpc) is 3.14. The van der Waals surface area contributed by atoms with Crippen LogP contribution in [0.1, 0.15) is 118 Å². The Balaban J connectivity index is 2.07. The molecule has 1 heterocycles. The number of carbonyl (C=O) groups is 1. The molecule has 1 aliphatic heterocycles. The maximum atomic E-state index is 11.5. The van der Waals surface area contributed by atoms with Gasteiger partial charge in [-0.3, -0.25) is 9.28 Å². The predicted octanol–water partition coefficient (Wildman–Crippen LogP) is 6.74. The van der Waals surface area contributed by atoms with E-state index in [0.29, 0.717) is 6.17 Å². The van der Waals surface area contributed by atoms with Crippen LogP contribution in [0.2, 0.25) is 0 Å².